The molecule has 2 rings (SSSR count). The minimum atomic E-state index is -3.93. The van der Waals surface area contributed by atoms with Gasteiger partial charge in [-0.2, -0.15) is 0 Å². The molecule has 1 aromatic carbocycles. The average Bonchev–Trinajstić information content (AvgIpc) is 2.88. The Morgan fingerprint density at radius 3 is 2.57 bits per heavy atom. The first-order valence-corrected chi connectivity index (χ1v) is 8.76. The lowest BCUT2D eigenvalue weighted by molar-refractivity contribution is 0.553. The number of rotatable bonds is 5. The molecule has 0 fully saturated rings. The number of nitrogens with one attached hydrogen (secondary N) is 1. The van der Waals surface area contributed by atoms with E-state index in [1.807, 2.05) is 19.1 Å². The Morgan fingerprint density at radius 1 is 1.29 bits per heavy atom. The lowest BCUT2D eigenvalue weighted by Crippen LogP contribution is -2.24. The third-order valence-corrected chi connectivity index (χ3v) is 5.67. The van der Waals surface area contributed by atoms with E-state index >= 15 is 0 Å². The SMILES string of the molecule is CCc1ccc(CNS(=O)(=O)c2cc(N)cc(C)c2F)s1. The van der Waals surface area contributed by atoms with Gasteiger partial charge in [0, 0.05) is 22.0 Å². The summed E-state index contributed by atoms with van der Waals surface area (Å²) < 4.78 is 40.8. The van der Waals surface area contributed by atoms with E-state index in [-0.39, 0.29) is 17.8 Å². The van der Waals surface area contributed by atoms with Crippen LogP contribution in [0, 0.1) is 12.7 Å². The molecular formula is C14H17FN2O2S2. The van der Waals surface area contributed by atoms with E-state index < -0.39 is 20.7 Å². The predicted molar refractivity (Wildman–Crippen MR) is 83.3 cm³/mol. The molecule has 0 bridgehead atoms. The number of thiophene rings is 1. The lowest BCUT2D eigenvalue weighted by atomic mass is 10.2. The summed E-state index contributed by atoms with van der Waals surface area (Å²) in [7, 11) is -3.93. The van der Waals surface area contributed by atoms with Crippen LogP contribution >= 0.6 is 11.3 Å². The van der Waals surface area contributed by atoms with Gasteiger partial charge in [0.2, 0.25) is 10.0 Å². The van der Waals surface area contributed by atoms with Crippen LogP contribution in [0.4, 0.5) is 10.1 Å². The van der Waals surface area contributed by atoms with Gasteiger partial charge in [0.1, 0.15) is 10.7 Å². The van der Waals surface area contributed by atoms with E-state index in [0.29, 0.717) is 0 Å². The fourth-order valence-electron chi connectivity index (χ4n) is 1.91. The summed E-state index contributed by atoms with van der Waals surface area (Å²) in [6.07, 6.45) is 0.903. The molecule has 4 nitrogen and oxygen atoms in total. The highest BCUT2D eigenvalue weighted by atomic mass is 32.2. The van der Waals surface area contributed by atoms with Crippen LogP contribution in [0.5, 0.6) is 0 Å². The standard InChI is InChI=1S/C14H17FN2O2S2/c1-3-11-4-5-12(20-11)8-17-21(18,19)13-7-10(16)6-9(2)14(13)15/h4-7,17H,3,8,16H2,1-2H3. The van der Waals surface area contributed by atoms with Gasteiger partial charge in [0.25, 0.3) is 0 Å². The summed E-state index contributed by atoms with van der Waals surface area (Å²) in [5, 5.41) is 0. The number of sulfonamides is 1. The highest BCUT2D eigenvalue weighted by Gasteiger charge is 2.21. The quantitative estimate of drug-likeness (QED) is 0.829. The Hall–Kier alpha value is -1.44. The maximum absolute atomic E-state index is 14.0. The van der Waals surface area contributed by atoms with Crippen molar-refractivity contribution in [1.29, 1.82) is 0 Å². The monoisotopic (exact) mass is 328 g/mol. The molecule has 1 aromatic heterocycles. The first-order valence-electron chi connectivity index (χ1n) is 6.46. The van der Waals surface area contributed by atoms with Crippen molar-refractivity contribution in [3.63, 3.8) is 0 Å². The molecule has 1 heterocycles. The number of anilines is 1. The average molecular weight is 328 g/mol. The highest BCUT2D eigenvalue weighted by molar-refractivity contribution is 7.89. The van der Waals surface area contributed by atoms with E-state index in [9.17, 15) is 12.8 Å². The lowest BCUT2D eigenvalue weighted by Gasteiger charge is -2.09. The van der Waals surface area contributed by atoms with Crippen molar-refractivity contribution >= 4 is 27.0 Å². The van der Waals surface area contributed by atoms with Crippen LogP contribution in [0.25, 0.3) is 0 Å². The second-order valence-electron chi connectivity index (χ2n) is 4.70. The van der Waals surface area contributed by atoms with Gasteiger partial charge < -0.3 is 5.73 Å². The third kappa shape index (κ3) is 3.61. The third-order valence-electron chi connectivity index (χ3n) is 3.04. The molecule has 0 unspecified atom stereocenters. The number of nitrogen functional groups attached to an aromatic ring is 1. The van der Waals surface area contributed by atoms with Gasteiger partial charge >= 0.3 is 0 Å². The number of benzene rings is 1. The van der Waals surface area contributed by atoms with Gasteiger partial charge in [0.15, 0.2) is 0 Å². The molecule has 0 aliphatic carbocycles. The maximum atomic E-state index is 14.0. The van der Waals surface area contributed by atoms with Crippen LogP contribution in [-0.2, 0) is 23.0 Å². The number of hydrogen-bond acceptors (Lipinski definition) is 4. The molecule has 0 aliphatic rings. The fourth-order valence-corrected chi connectivity index (χ4v) is 4.09. The zero-order chi connectivity index (χ0) is 15.6. The molecule has 0 atom stereocenters. The summed E-state index contributed by atoms with van der Waals surface area (Å²) in [6.45, 7) is 3.66. The van der Waals surface area contributed by atoms with Crippen molar-refractivity contribution in [2.45, 2.75) is 31.7 Å². The summed E-state index contributed by atoms with van der Waals surface area (Å²) >= 11 is 1.53. The first-order chi connectivity index (χ1) is 9.83. The van der Waals surface area contributed by atoms with Crippen LogP contribution in [0.2, 0.25) is 0 Å². The zero-order valence-corrected chi connectivity index (χ0v) is 13.4. The maximum Gasteiger partial charge on any atom is 0.243 e. The molecule has 0 saturated carbocycles. The van der Waals surface area contributed by atoms with E-state index in [4.69, 9.17) is 5.73 Å². The molecule has 2 aromatic rings. The largest absolute Gasteiger partial charge is 0.399 e. The summed E-state index contributed by atoms with van der Waals surface area (Å²) in [5.74, 6) is -0.767. The fraction of sp³-hybridized carbons (Fsp3) is 0.286. The summed E-state index contributed by atoms with van der Waals surface area (Å²) in [5.41, 5.74) is 6.03. The Morgan fingerprint density at radius 2 is 1.95 bits per heavy atom. The zero-order valence-electron chi connectivity index (χ0n) is 11.8. The molecule has 0 aliphatic heterocycles. The predicted octanol–water partition coefficient (Wildman–Crippen LogP) is 2.82. The molecule has 0 radical (unpaired) electrons. The van der Waals surface area contributed by atoms with Gasteiger partial charge in [-0.3, -0.25) is 0 Å². The van der Waals surface area contributed by atoms with E-state index in [0.717, 1.165) is 17.4 Å². The smallest absolute Gasteiger partial charge is 0.243 e. The molecule has 7 heteroatoms. The van der Waals surface area contributed by atoms with E-state index in [1.54, 1.807) is 0 Å². The Labute approximate surface area is 127 Å². The van der Waals surface area contributed by atoms with Crippen molar-refractivity contribution in [1.82, 2.24) is 4.72 Å². The van der Waals surface area contributed by atoms with Crippen LogP contribution in [0.15, 0.2) is 29.2 Å². The van der Waals surface area contributed by atoms with Crippen LogP contribution in [0.3, 0.4) is 0 Å². The van der Waals surface area contributed by atoms with Crippen molar-refractivity contribution in [2.24, 2.45) is 0 Å². The molecule has 21 heavy (non-hydrogen) atoms. The minimum absolute atomic E-state index is 0.139. The molecule has 0 spiro atoms. The topological polar surface area (TPSA) is 72.2 Å². The van der Waals surface area contributed by atoms with Crippen molar-refractivity contribution < 1.29 is 12.8 Å². The second-order valence-corrected chi connectivity index (χ2v) is 7.68. The Balaban J connectivity index is 2.22. The number of hydrogen-bond donors (Lipinski definition) is 2. The Bertz CT molecular complexity index is 754. The minimum Gasteiger partial charge on any atom is -0.399 e. The molecule has 114 valence electrons. The van der Waals surface area contributed by atoms with Crippen molar-refractivity contribution in [2.75, 3.05) is 5.73 Å². The molecule has 0 saturated heterocycles. The molecule has 0 amide bonds. The summed E-state index contributed by atoms with van der Waals surface area (Å²) in [6, 6.07) is 6.37. The number of nitrogens with two attached hydrogens (primary N) is 1. The van der Waals surface area contributed by atoms with Crippen molar-refractivity contribution in [3.05, 3.63) is 45.4 Å². The highest BCUT2D eigenvalue weighted by Crippen LogP contribution is 2.22. The molecule has 3 N–H and O–H groups in total. The Kier molecular flexibility index (Phi) is 4.65. The second kappa shape index (κ2) is 6.13. The van der Waals surface area contributed by atoms with Gasteiger partial charge in [-0.05, 0) is 43.2 Å². The normalized spacial score (nSPS) is 11.8. The van der Waals surface area contributed by atoms with Gasteiger partial charge in [-0.15, -0.1) is 11.3 Å². The van der Waals surface area contributed by atoms with E-state index in [2.05, 4.69) is 4.72 Å². The van der Waals surface area contributed by atoms with E-state index in [1.165, 1.54) is 29.2 Å². The summed E-state index contributed by atoms with van der Waals surface area (Å²) in [4.78, 5) is 1.65. The first kappa shape index (κ1) is 15.9. The van der Waals surface area contributed by atoms with Crippen molar-refractivity contribution in [3.8, 4) is 0 Å². The number of aryl methyl sites for hydroxylation is 2. The van der Waals surface area contributed by atoms with Gasteiger partial charge in [0.05, 0.1) is 0 Å². The van der Waals surface area contributed by atoms with Gasteiger partial charge in [-0.25, -0.2) is 17.5 Å². The van der Waals surface area contributed by atoms with Gasteiger partial charge in [-0.1, -0.05) is 6.92 Å². The van der Waals surface area contributed by atoms with Crippen LogP contribution in [0.1, 0.15) is 22.2 Å². The molecular weight excluding hydrogens is 311 g/mol. The number of halogens is 1. The van der Waals surface area contributed by atoms with Crippen LogP contribution < -0.4 is 10.5 Å². The van der Waals surface area contributed by atoms with Crippen LogP contribution in [-0.4, -0.2) is 8.42 Å².